The summed E-state index contributed by atoms with van der Waals surface area (Å²) >= 11 is 0. The maximum atomic E-state index is 12.9. The molecule has 0 fully saturated rings. The quantitative estimate of drug-likeness (QED) is 0.671. The van der Waals surface area contributed by atoms with Crippen LogP contribution in [0.5, 0.6) is 0 Å². The molecule has 3 heterocycles. The molecule has 1 aliphatic heterocycles. The minimum absolute atomic E-state index is 0.0493. The SMILES string of the molecule is CC(C)[C@H]1c2nc(-c3ccccc3)nn2CCN1C(=O)c1cnc[nH]1.O=CO. The number of hydrogen-bond donors (Lipinski definition) is 2. The van der Waals surface area contributed by atoms with Crippen LogP contribution < -0.4 is 0 Å². The second-order valence-corrected chi connectivity index (χ2v) is 6.64. The van der Waals surface area contributed by atoms with Crippen molar-refractivity contribution in [2.24, 2.45) is 5.92 Å². The fourth-order valence-electron chi connectivity index (χ4n) is 3.34. The van der Waals surface area contributed by atoms with Gasteiger partial charge in [0.15, 0.2) is 11.6 Å². The van der Waals surface area contributed by atoms with Gasteiger partial charge in [-0.1, -0.05) is 44.2 Å². The zero-order valence-corrected chi connectivity index (χ0v) is 15.7. The molecule has 1 aliphatic rings. The average molecular weight is 382 g/mol. The molecule has 9 nitrogen and oxygen atoms in total. The Morgan fingerprint density at radius 1 is 1.29 bits per heavy atom. The highest BCUT2D eigenvalue weighted by Crippen LogP contribution is 2.33. The second kappa shape index (κ2) is 8.47. The van der Waals surface area contributed by atoms with Gasteiger partial charge in [0.1, 0.15) is 5.69 Å². The summed E-state index contributed by atoms with van der Waals surface area (Å²) in [4.78, 5) is 34.7. The van der Waals surface area contributed by atoms with E-state index in [4.69, 9.17) is 14.9 Å². The number of hydrogen-bond acceptors (Lipinski definition) is 5. The Bertz CT molecular complexity index is 921. The molecule has 0 aliphatic carbocycles. The molecule has 1 amide bonds. The topological polar surface area (TPSA) is 117 Å². The van der Waals surface area contributed by atoms with Crippen molar-refractivity contribution in [2.75, 3.05) is 6.54 Å². The number of imidazole rings is 1. The molecule has 146 valence electrons. The van der Waals surface area contributed by atoms with E-state index in [-0.39, 0.29) is 24.3 Å². The molecule has 9 heteroatoms. The number of carbonyl (C=O) groups is 2. The zero-order chi connectivity index (χ0) is 20.1. The number of rotatable bonds is 3. The van der Waals surface area contributed by atoms with Crippen molar-refractivity contribution >= 4 is 12.4 Å². The number of carboxylic acid groups (broad SMARTS) is 1. The lowest BCUT2D eigenvalue weighted by Crippen LogP contribution is -2.44. The van der Waals surface area contributed by atoms with Gasteiger partial charge in [0.25, 0.3) is 12.4 Å². The first-order valence-electron chi connectivity index (χ1n) is 8.94. The number of H-pyrrole nitrogens is 1. The average Bonchev–Trinajstić information content (AvgIpc) is 3.37. The third-order valence-corrected chi connectivity index (χ3v) is 4.51. The summed E-state index contributed by atoms with van der Waals surface area (Å²) in [6, 6.07) is 9.81. The lowest BCUT2D eigenvalue weighted by Gasteiger charge is -2.37. The van der Waals surface area contributed by atoms with Gasteiger partial charge in [0, 0.05) is 12.1 Å². The highest BCUT2D eigenvalue weighted by Gasteiger charge is 2.36. The van der Waals surface area contributed by atoms with E-state index in [0.717, 1.165) is 11.4 Å². The lowest BCUT2D eigenvalue weighted by molar-refractivity contribution is -0.122. The number of nitrogens with zero attached hydrogens (tertiary/aromatic N) is 5. The summed E-state index contributed by atoms with van der Waals surface area (Å²) in [5.41, 5.74) is 1.49. The second-order valence-electron chi connectivity index (χ2n) is 6.64. The van der Waals surface area contributed by atoms with Crippen LogP contribution >= 0.6 is 0 Å². The number of fused-ring (bicyclic) bond motifs is 1. The van der Waals surface area contributed by atoms with Gasteiger partial charge in [-0.25, -0.2) is 14.6 Å². The van der Waals surface area contributed by atoms with Crippen LogP contribution in [0.15, 0.2) is 42.9 Å². The maximum Gasteiger partial charge on any atom is 0.290 e. The molecule has 3 aromatic rings. The van der Waals surface area contributed by atoms with Crippen LogP contribution in [0.4, 0.5) is 0 Å². The van der Waals surface area contributed by atoms with Gasteiger partial charge in [-0.05, 0) is 5.92 Å². The fourth-order valence-corrected chi connectivity index (χ4v) is 3.34. The van der Waals surface area contributed by atoms with E-state index in [9.17, 15) is 4.79 Å². The van der Waals surface area contributed by atoms with Crippen LogP contribution in [0.3, 0.4) is 0 Å². The Morgan fingerprint density at radius 2 is 2.00 bits per heavy atom. The zero-order valence-electron chi connectivity index (χ0n) is 15.7. The van der Waals surface area contributed by atoms with E-state index >= 15 is 0 Å². The van der Waals surface area contributed by atoms with Gasteiger partial charge in [-0.2, -0.15) is 5.10 Å². The van der Waals surface area contributed by atoms with Crippen LogP contribution in [0.1, 0.15) is 36.2 Å². The number of carbonyl (C=O) groups excluding carboxylic acids is 1. The predicted molar refractivity (Wildman–Crippen MR) is 101 cm³/mol. The highest BCUT2D eigenvalue weighted by molar-refractivity contribution is 5.92. The van der Waals surface area contributed by atoms with Crippen molar-refractivity contribution < 1.29 is 14.7 Å². The summed E-state index contributed by atoms with van der Waals surface area (Å²) in [6.45, 7) is 5.19. The van der Waals surface area contributed by atoms with Crippen LogP contribution in [0, 0.1) is 5.92 Å². The third-order valence-electron chi connectivity index (χ3n) is 4.51. The molecule has 0 unspecified atom stereocenters. The summed E-state index contributed by atoms with van der Waals surface area (Å²) in [5.74, 6) is 1.72. The lowest BCUT2D eigenvalue weighted by atomic mass is 9.99. The summed E-state index contributed by atoms with van der Waals surface area (Å²) in [7, 11) is 0. The number of benzene rings is 1. The van der Waals surface area contributed by atoms with Crippen LogP contribution in [0.25, 0.3) is 11.4 Å². The van der Waals surface area contributed by atoms with E-state index < -0.39 is 0 Å². The molecule has 4 rings (SSSR count). The Kier molecular flexibility index (Phi) is 5.83. The molecular formula is C19H22N6O3. The molecule has 0 bridgehead atoms. The molecule has 0 saturated carbocycles. The molecule has 1 atom stereocenters. The van der Waals surface area contributed by atoms with Gasteiger partial charge >= 0.3 is 0 Å². The minimum atomic E-state index is -0.250. The molecule has 2 N–H and O–H groups in total. The van der Waals surface area contributed by atoms with Crippen molar-refractivity contribution in [3.8, 4) is 11.4 Å². The van der Waals surface area contributed by atoms with Gasteiger partial charge in [-0.15, -0.1) is 0 Å². The highest BCUT2D eigenvalue weighted by atomic mass is 16.3. The Morgan fingerprint density at radius 3 is 2.61 bits per heavy atom. The first kappa shape index (κ1) is 19.3. The molecule has 0 radical (unpaired) electrons. The predicted octanol–water partition coefficient (Wildman–Crippen LogP) is 2.22. The van der Waals surface area contributed by atoms with Gasteiger partial charge in [-0.3, -0.25) is 9.59 Å². The number of amides is 1. The molecule has 28 heavy (non-hydrogen) atoms. The molecular weight excluding hydrogens is 360 g/mol. The fraction of sp³-hybridized carbons (Fsp3) is 0.316. The van der Waals surface area contributed by atoms with Crippen LogP contribution in [-0.4, -0.2) is 53.7 Å². The van der Waals surface area contributed by atoms with Gasteiger partial charge < -0.3 is 15.0 Å². The summed E-state index contributed by atoms with van der Waals surface area (Å²) in [5, 5.41) is 11.5. The largest absolute Gasteiger partial charge is 0.483 e. The van der Waals surface area contributed by atoms with E-state index in [1.165, 1.54) is 6.33 Å². The maximum absolute atomic E-state index is 12.9. The molecule has 0 saturated heterocycles. The van der Waals surface area contributed by atoms with Crippen LogP contribution in [0.2, 0.25) is 0 Å². The molecule has 1 aromatic carbocycles. The van der Waals surface area contributed by atoms with Gasteiger partial charge in [0.2, 0.25) is 0 Å². The van der Waals surface area contributed by atoms with Crippen molar-refractivity contribution in [3.63, 3.8) is 0 Å². The van der Waals surface area contributed by atoms with E-state index in [2.05, 4.69) is 28.9 Å². The van der Waals surface area contributed by atoms with Crippen molar-refractivity contribution in [3.05, 3.63) is 54.4 Å². The summed E-state index contributed by atoms with van der Waals surface area (Å²) < 4.78 is 1.93. The molecule has 2 aromatic heterocycles. The van der Waals surface area contributed by atoms with E-state index in [1.54, 1.807) is 6.20 Å². The van der Waals surface area contributed by atoms with E-state index in [1.807, 2.05) is 39.9 Å². The monoisotopic (exact) mass is 382 g/mol. The Hall–Kier alpha value is -3.49. The first-order valence-corrected chi connectivity index (χ1v) is 8.94. The minimum Gasteiger partial charge on any atom is -0.483 e. The number of aromatic amines is 1. The standard InChI is InChI=1S/C18H20N6O.CH2O2/c1-12(2)15-17-21-16(13-6-4-3-5-7-13)22-24(17)9-8-23(15)18(25)14-10-19-11-20-14;2-1-3/h3-7,10-12,15H,8-9H2,1-2H3,(H,19,20);1H,(H,2,3)/t15-;/m0./s1. The van der Waals surface area contributed by atoms with Crippen molar-refractivity contribution in [1.29, 1.82) is 0 Å². The first-order chi connectivity index (χ1) is 13.6. The Labute approximate surface area is 162 Å². The van der Waals surface area contributed by atoms with Crippen molar-refractivity contribution in [2.45, 2.75) is 26.4 Å². The number of nitrogens with one attached hydrogen (secondary N) is 1. The molecule has 0 spiro atoms. The summed E-state index contributed by atoms with van der Waals surface area (Å²) in [6.07, 6.45) is 3.09. The van der Waals surface area contributed by atoms with Gasteiger partial charge in [0.05, 0.1) is 25.1 Å². The van der Waals surface area contributed by atoms with Crippen LogP contribution in [-0.2, 0) is 11.3 Å². The van der Waals surface area contributed by atoms with E-state index in [0.29, 0.717) is 24.6 Å². The normalized spacial score (nSPS) is 15.5. The number of aromatic nitrogens is 5. The third kappa shape index (κ3) is 3.78. The van der Waals surface area contributed by atoms with Crippen molar-refractivity contribution in [1.82, 2.24) is 29.6 Å². The smallest absolute Gasteiger partial charge is 0.290 e. The Balaban J connectivity index is 0.000000706.